The third kappa shape index (κ3) is 2.42. The molecule has 4 heteroatoms. The Labute approximate surface area is 84.2 Å². The van der Waals surface area contributed by atoms with Crippen LogP contribution in [-0.4, -0.2) is 44.2 Å². The molecule has 0 N–H and O–H groups in total. The highest BCUT2D eigenvalue weighted by Crippen LogP contribution is 2.60. The second-order valence-electron chi connectivity index (χ2n) is 4.76. The van der Waals surface area contributed by atoms with Crippen LogP contribution in [0.3, 0.4) is 0 Å². The topological polar surface area (TPSA) is 12.5 Å². The summed E-state index contributed by atoms with van der Waals surface area (Å²) >= 11 is 0. The van der Waals surface area contributed by atoms with Crippen LogP contribution < -0.4 is 0 Å². The average Bonchev–Trinajstić information content (AvgIpc) is 2.48. The van der Waals surface area contributed by atoms with Crippen molar-refractivity contribution < 1.29 is 13.5 Å². The zero-order chi connectivity index (χ0) is 11.0. The molecule has 0 heterocycles. The van der Waals surface area contributed by atoms with E-state index in [-0.39, 0.29) is 19.1 Å². The predicted octanol–water partition coefficient (Wildman–Crippen LogP) is 2.00. The van der Waals surface area contributed by atoms with E-state index in [0.717, 1.165) is 0 Å². The molecule has 1 aliphatic carbocycles. The quantitative estimate of drug-likeness (QED) is 0.683. The van der Waals surface area contributed by atoms with Crippen LogP contribution in [0.4, 0.5) is 8.78 Å². The molecule has 0 saturated heterocycles. The first-order valence-electron chi connectivity index (χ1n) is 4.93. The van der Waals surface area contributed by atoms with Gasteiger partial charge >= 0.3 is 0 Å². The summed E-state index contributed by atoms with van der Waals surface area (Å²) < 4.78 is 31.6. The number of hydrogen-bond acceptors (Lipinski definition) is 2. The summed E-state index contributed by atoms with van der Waals surface area (Å²) in [6.07, 6.45) is -0.0179. The van der Waals surface area contributed by atoms with E-state index < -0.39 is 11.3 Å². The first-order valence-corrected chi connectivity index (χ1v) is 4.93. The van der Waals surface area contributed by atoms with Gasteiger partial charge in [-0.05, 0) is 27.9 Å². The standard InChI is InChI=1S/C10H19F2NO/c1-8(2)14-7-9(6-13(3)4)5-10(9,11)12/h8H,5-7H2,1-4H3/t9-/m1/s1. The Morgan fingerprint density at radius 2 is 1.86 bits per heavy atom. The van der Waals surface area contributed by atoms with Crippen molar-refractivity contribution >= 4 is 0 Å². The van der Waals surface area contributed by atoms with Gasteiger partial charge in [0, 0.05) is 13.0 Å². The molecule has 14 heavy (non-hydrogen) atoms. The highest BCUT2D eigenvalue weighted by molar-refractivity contribution is 5.11. The monoisotopic (exact) mass is 207 g/mol. The summed E-state index contributed by atoms with van der Waals surface area (Å²) in [6, 6.07) is 0. The lowest BCUT2D eigenvalue weighted by atomic mass is 10.1. The summed E-state index contributed by atoms with van der Waals surface area (Å²) in [4.78, 5) is 1.80. The Kier molecular flexibility index (Phi) is 3.17. The van der Waals surface area contributed by atoms with Gasteiger partial charge < -0.3 is 9.64 Å². The van der Waals surface area contributed by atoms with Crippen LogP contribution in [0.2, 0.25) is 0 Å². The largest absolute Gasteiger partial charge is 0.378 e. The molecule has 0 unspecified atom stereocenters. The molecular weight excluding hydrogens is 188 g/mol. The number of alkyl halides is 2. The van der Waals surface area contributed by atoms with E-state index >= 15 is 0 Å². The average molecular weight is 207 g/mol. The lowest BCUT2D eigenvalue weighted by molar-refractivity contribution is -0.0205. The van der Waals surface area contributed by atoms with Crippen LogP contribution in [0.1, 0.15) is 20.3 Å². The van der Waals surface area contributed by atoms with Crippen molar-refractivity contribution in [2.75, 3.05) is 27.2 Å². The molecular formula is C10H19F2NO. The van der Waals surface area contributed by atoms with Crippen LogP contribution >= 0.6 is 0 Å². The van der Waals surface area contributed by atoms with Gasteiger partial charge in [-0.15, -0.1) is 0 Å². The van der Waals surface area contributed by atoms with Gasteiger partial charge in [0.2, 0.25) is 0 Å². The zero-order valence-electron chi connectivity index (χ0n) is 9.31. The van der Waals surface area contributed by atoms with E-state index in [9.17, 15) is 8.78 Å². The van der Waals surface area contributed by atoms with Crippen molar-refractivity contribution in [1.29, 1.82) is 0 Å². The highest BCUT2D eigenvalue weighted by atomic mass is 19.3. The fourth-order valence-electron chi connectivity index (χ4n) is 1.69. The predicted molar refractivity (Wildman–Crippen MR) is 51.6 cm³/mol. The van der Waals surface area contributed by atoms with E-state index in [2.05, 4.69) is 0 Å². The number of ether oxygens (including phenoxy) is 1. The molecule has 1 fully saturated rings. The fraction of sp³-hybridized carbons (Fsp3) is 1.00. The van der Waals surface area contributed by atoms with Gasteiger partial charge in [-0.2, -0.15) is 0 Å². The minimum absolute atomic E-state index is 0.0189. The summed E-state index contributed by atoms with van der Waals surface area (Å²) in [5, 5.41) is 0. The summed E-state index contributed by atoms with van der Waals surface area (Å²) in [7, 11) is 3.62. The van der Waals surface area contributed by atoms with Gasteiger partial charge in [0.25, 0.3) is 5.92 Å². The van der Waals surface area contributed by atoms with Crippen LogP contribution in [-0.2, 0) is 4.74 Å². The molecule has 0 aromatic carbocycles. The lowest BCUT2D eigenvalue weighted by Gasteiger charge is -2.21. The van der Waals surface area contributed by atoms with Crippen molar-refractivity contribution in [1.82, 2.24) is 4.90 Å². The number of rotatable bonds is 5. The zero-order valence-corrected chi connectivity index (χ0v) is 9.31. The van der Waals surface area contributed by atoms with Crippen LogP contribution in [0.5, 0.6) is 0 Å². The molecule has 84 valence electrons. The van der Waals surface area contributed by atoms with Crippen LogP contribution in [0.25, 0.3) is 0 Å². The molecule has 2 nitrogen and oxygen atoms in total. The third-order valence-corrected chi connectivity index (χ3v) is 2.52. The molecule has 0 aromatic heterocycles. The van der Waals surface area contributed by atoms with E-state index in [1.165, 1.54) is 0 Å². The smallest absolute Gasteiger partial charge is 0.258 e. The lowest BCUT2D eigenvalue weighted by Crippen LogP contribution is -2.32. The molecule has 0 radical (unpaired) electrons. The Bertz CT molecular complexity index is 206. The second kappa shape index (κ2) is 3.74. The Balaban J connectivity index is 2.49. The van der Waals surface area contributed by atoms with Crippen molar-refractivity contribution in [2.24, 2.45) is 5.41 Å². The molecule has 0 aliphatic heterocycles. The second-order valence-corrected chi connectivity index (χ2v) is 4.76. The number of nitrogens with zero attached hydrogens (tertiary/aromatic N) is 1. The van der Waals surface area contributed by atoms with Crippen LogP contribution in [0.15, 0.2) is 0 Å². The minimum atomic E-state index is -2.54. The van der Waals surface area contributed by atoms with E-state index in [1.54, 1.807) is 4.90 Å². The van der Waals surface area contributed by atoms with E-state index in [1.807, 2.05) is 27.9 Å². The molecule has 1 aliphatic rings. The van der Waals surface area contributed by atoms with E-state index in [4.69, 9.17) is 4.74 Å². The van der Waals surface area contributed by atoms with Gasteiger partial charge in [-0.3, -0.25) is 0 Å². The van der Waals surface area contributed by atoms with Crippen molar-refractivity contribution in [3.8, 4) is 0 Å². The molecule has 1 saturated carbocycles. The van der Waals surface area contributed by atoms with Gasteiger partial charge in [-0.1, -0.05) is 0 Å². The van der Waals surface area contributed by atoms with Crippen molar-refractivity contribution in [3.63, 3.8) is 0 Å². The normalized spacial score (nSPS) is 30.0. The first kappa shape index (κ1) is 11.9. The van der Waals surface area contributed by atoms with Crippen molar-refractivity contribution in [2.45, 2.75) is 32.3 Å². The summed E-state index contributed by atoms with van der Waals surface area (Å²) in [6.45, 7) is 4.29. The van der Waals surface area contributed by atoms with Crippen molar-refractivity contribution in [3.05, 3.63) is 0 Å². The Morgan fingerprint density at radius 1 is 1.36 bits per heavy atom. The SMILES string of the molecule is CC(C)OC[C@]1(CN(C)C)CC1(F)F. The minimum Gasteiger partial charge on any atom is -0.378 e. The fourth-order valence-corrected chi connectivity index (χ4v) is 1.69. The van der Waals surface area contributed by atoms with Gasteiger partial charge in [0.15, 0.2) is 0 Å². The Hall–Kier alpha value is -0.220. The molecule has 1 atom stereocenters. The van der Waals surface area contributed by atoms with Gasteiger partial charge in [0.05, 0.1) is 18.1 Å². The van der Waals surface area contributed by atoms with Gasteiger partial charge in [-0.25, -0.2) is 8.78 Å². The number of hydrogen-bond donors (Lipinski definition) is 0. The molecule has 0 amide bonds. The van der Waals surface area contributed by atoms with Gasteiger partial charge in [0.1, 0.15) is 0 Å². The maximum Gasteiger partial charge on any atom is 0.258 e. The maximum atomic E-state index is 13.2. The summed E-state index contributed by atoms with van der Waals surface area (Å²) in [5.74, 6) is -2.54. The van der Waals surface area contributed by atoms with E-state index in [0.29, 0.717) is 6.54 Å². The number of halogens is 2. The Morgan fingerprint density at radius 3 is 2.14 bits per heavy atom. The van der Waals surface area contributed by atoms with Crippen LogP contribution in [0, 0.1) is 5.41 Å². The first-order chi connectivity index (χ1) is 6.29. The molecule has 0 spiro atoms. The maximum absolute atomic E-state index is 13.2. The summed E-state index contributed by atoms with van der Waals surface area (Å²) in [5.41, 5.74) is -0.930. The molecule has 0 aromatic rings. The third-order valence-electron chi connectivity index (χ3n) is 2.52. The highest BCUT2D eigenvalue weighted by Gasteiger charge is 2.71. The molecule has 1 rings (SSSR count). The molecule has 0 bridgehead atoms.